The van der Waals surface area contributed by atoms with Crippen molar-refractivity contribution in [1.29, 1.82) is 0 Å². The molecule has 33 heavy (non-hydrogen) atoms. The molecule has 0 aliphatic heterocycles. The number of hydrogen-bond donors (Lipinski definition) is 4. The lowest BCUT2D eigenvalue weighted by Gasteiger charge is -2.07. The number of pyridine rings is 1. The van der Waals surface area contributed by atoms with Gasteiger partial charge in [0.1, 0.15) is 22.8 Å². The largest absolute Gasteiger partial charge is 0.443 e. The third kappa shape index (κ3) is 4.21. The molecule has 0 saturated carbocycles. The third-order valence-corrected chi connectivity index (χ3v) is 5.90. The quantitative estimate of drug-likeness (QED) is 0.285. The molecule has 0 saturated heterocycles. The highest BCUT2D eigenvalue weighted by Crippen LogP contribution is 2.35. The number of nitrogens with zero attached hydrogens (tertiary/aromatic N) is 5. The zero-order valence-electron chi connectivity index (χ0n) is 17.3. The van der Waals surface area contributed by atoms with Gasteiger partial charge in [-0.3, -0.25) is 10.4 Å². The number of H-pyrrole nitrogens is 1. The van der Waals surface area contributed by atoms with Crippen molar-refractivity contribution in [3.63, 3.8) is 0 Å². The van der Waals surface area contributed by atoms with Crippen molar-refractivity contribution in [2.75, 3.05) is 17.7 Å². The summed E-state index contributed by atoms with van der Waals surface area (Å²) in [5.41, 5.74) is 3.37. The lowest BCUT2D eigenvalue weighted by molar-refractivity contribution is 0.254. The Morgan fingerprint density at radius 3 is 2.88 bits per heavy atom. The van der Waals surface area contributed by atoms with Crippen molar-refractivity contribution in [3.05, 3.63) is 47.4 Å². The summed E-state index contributed by atoms with van der Waals surface area (Å²) in [5, 5.41) is 26.2. The van der Waals surface area contributed by atoms with Crippen molar-refractivity contribution in [1.82, 2.24) is 35.7 Å². The van der Waals surface area contributed by atoms with Gasteiger partial charge in [-0.05, 0) is 31.2 Å². The molecule has 11 nitrogen and oxygen atoms in total. The highest BCUT2D eigenvalue weighted by atomic mass is 35.5. The minimum absolute atomic E-state index is 0.316. The van der Waals surface area contributed by atoms with Gasteiger partial charge in [0.15, 0.2) is 0 Å². The number of carbonyl (C=O) groups is 1. The second-order valence-corrected chi connectivity index (χ2v) is 8.28. The normalized spacial score (nSPS) is 11.0. The van der Waals surface area contributed by atoms with E-state index in [-0.39, 0.29) is 0 Å². The summed E-state index contributed by atoms with van der Waals surface area (Å²) in [6.07, 6.45) is 3.20. The van der Waals surface area contributed by atoms with Crippen LogP contribution in [0, 0.1) is 6.92 Å². The molecular formula is C20H16ClN9O2S. The van der Waals surface area contributed by atoms with Crippen molar-refractivity contribution < 1.29 is 9.21 Å². The van der Waals surface area contributed by atoms with Crippen LogP contribution in [0.25, 0.3) is 33.1 Å². The van der Waals surface area contributed by atoms with Crippen LogP contribution in [0.3, 0.4) is 0 Å². The summed E-state index contributed by atoms with van der Waals surface area (Å²) < 4.78 is 5.48. The molecule has 1 aromatic carbocycles. The number of aryl methyl sites for hydroxylation is 1. The average molecular weight is 482 g/mol. The standard InChI is InChI=1S/C20H16ClN9O2S/c1-9-8-32-17(24-9)14-5-10(6-15(25-14)27-19(31)22-2)18-29-30-20(33-18)26-13-4-3-12-11(16(13)21)7-23-28-12/h3-8H,1-2H3,(H,23,28)(H,26,30)(H2,22,25,27,31). The molecule has 0 aliphatic carbocycles. The number of hydrogen-bond acceptors (Lipinski definition) is 9. The van der Waals surface area contributed by atoms with E-state index in [0.29, 0.717) is 49.5 Å². The third-order valence-electron chi connectivity index (χ3n) is 4.60. The van der Waals surface area contributed by atoms with Crippen LogP contribution in [0.1, 0.15) is 5.69 Å². The number of benzene rings is 1. The van der Waals surface area contributed by atoms with Gasteiger partial charge in [-0.2, -0.15) is 5.10 Å². The van der Waals surface area contributed by atoms with E-state index >= 15 is 0 Å². The molecule has 4 aromatic heterocycles. The van der Waals surface area contributed by atoms with Gasteiger partial charge >= 0.3 is 6.03 Å². The van der Waals surface area contributed by atoms with Crippen LogP contribution in [0.5, 0.6) is 0 Å². The van der Waals surface area contributed by atoms with E-state index in [9.17, 15) is 4.79 Å². The number of nitrogens with one attached hydrogen (secondary N) is 4. The van der Waals surface area contributed by atoms with E-state index in [1.54, 1.807) is 18.3 Å². The molecule has 13 heteroatoms. The lowest BCUT2D eigenvalue weighted by atomic mass is 10.2. The summed E-state index contributed by atoms with van der Waals surface area (Å²) in [5.74, 6) is 0.647. The number of fused-ring (bicyclic) bond motifs is 1. The highest BCUT2D eigenvalue weighted by molar-refractivity contribution is 7.18. The van der Waals surface area contributed by atoms with Gasteiger partial charge in [0.05, 0.1) is 28.1 Å². The van der Waals surface area contributed by atoms with E-state index in [1.165, 1.54) is 24.6 Å². The predicted octanol–water partition coefficient (Wildman–Crippen LogP) is 4.59. The zero-order valence-corrected chi connectivity index (χ0v) is 18.9. The van der Waals surface area contributed by atoms with Crippen LogP contribution >= 0.6 is 22.9 Å². The highest BCUT2D eigenvalue weighted by Gasteiger charge is 2.16. The molecule has 0 unspecified atom stereocenters. The molecule has 0 bridgehead atoms. The van der Waals surface area contributed by atoms with E-state index in [4.69, 9.17) is 16.0 Å². The molecule has 166 valence electrons. The van der Waals surface area contributed by atoms with Crippen LogP contribution in [0.2, 0.25) is 5.02 Å². The molecule has 5 aromatic rings. The van der Waals surface area contributed by atoms with Crippen LogP contribution in [-0.2, 0) is 0 Å². The number of amides is 2. The van der Waals surface area contributed by atoms with E-state index in [0.717, 1.165) is 10.9 Å². The van der Waals surface area contributed by atoms with Gasteiger partial charge < -0.3 is 15.1 Å². The summed E-state index contributed by atoms with van der Waals surface area (Å²) in [6, 6.07) is 6.78. The SMILES string of the molecule is CNC(=O)Nc1cc(-c2nnc(Nc3ccc4[nH]ncc4c3Cl)s2)cc(-c2nc(C)co2)n1. The average Bonchev–Trinajstić information content (AvgIpc) is 3.56. The molecule has 0 spiro atoms. The first kappa shape index (κ1) is 20.8. The lowest BCUT2D eigenvalue weighted by Crippen LogP contribution is -2.25. The second-order valence-electron chi connectivity index (χ2n) is 6.92. The number of carbonyl (C=O) groups excluding carboxylic acids is 1. The molecule has 0 aliphatic rings. The Labute approximate surface area is 195 Å². The summed E-state index contributed by atoms with van der Waals surface area (Å²) >= 11 is 7.81. The van der Waals surface area contributed by atoms with Crippen LogP contribution in [0.4, 0.5) is 21.4 Å². The molecule has 4 N–H and O–H groups in total. The first-order valence-electron chi connectivity index (χ1n) is 9.66. The Bertz CT molecular complexity index is 1480. The zero-order chi connectivity index (χ0) is 22.9. The van der Waals surface area contributed by atoms with Crippen LogP contribution in [-0.4, -0.2) is 43.4 Å². The number of aromatic amines is 1. The smallest absolute Gasteiger partial charge is 0.320 e. The monoisotopic (exact) mass is 481 g/mol. The minimum Gasteiger partial charge on any atom is -0.443 e. The van der Waals surface area contributed by atoms with Gasteiger partial charge in [0.2, 0.25) is 11.0 Å². The number of aromatic nitrogens is 6. The van der Waals surface area contributed by atoms with Gasteiger partial charge in [-0.1, -0.05) is 22.9 Å². The number of urea groups is 1. The Hall–Kier alpha value is -4.03. The fourth-order valence-electron chi connectivity index (χ4n) is 3.06. The van der Waals surface area contributed by atoms with Gasteiger partial charge in [-0.15, -0.1) is 10.2 Å². The maximum atomic E-state index is 11.8. The van der Waals surface area contributed by atoms with Crippen molar-refractivity contribution in [2.45, 2.75) is 6.92 Å². The first-order chi connectivity index (χ1) is 16.0. The topological polar surface area (TPSA) is 147 Å². The summed E-state index contributed by atoms with van der Waals surface area (Å²) in [7, 11) is 1.52. The maximum absolute atomic E-state index is 11.8. The molecule has 0 atom stereocenters. The fourth-order valence-corrected chi connectivity index (χ4v) is 4.07. The molecule has 4 heterocycles. The van der Waals surface area contributed by atoms with Crippen molar-refractivity contribution in [3.8, 4) is 22.2 Å². The Morgan fingerprint density at radius 2 is 2.09 bits per heavy atom. The Morgan fingerprint density at radius 1 is 1.21 bits per heavy atom. The Kier molecular flexibility index (Phi) is 5.36. The summed E-state index contributed by atoms with van der Waals surface area (Å²) in [4.78, 5) is 20.6. The molecule has 5 rings (SSSR count). The van der Waals surface area contributed by atoms with E-state index in [2.05, 4.69) is 46.3 Å². The van der Waals surface area contributed by atoms with Crippen LogP contribution in [0.15, 0.2) is 41.1 Å². The number of halogens is 1. The number of oxazole rings is 1. The number of anilines is 3. The molecular weight excluding hydrogens is 466 g/mol. The summed E-state index contributed by atoms with van der Waals surface area (Å²) in [6.45, 7) is 1.81. The number of rotatable bonds is 5. The van der Waals surface area contributed by atoms with Gasteiger partial charge in [-0.25, -0.2) is 14.8 Å². The first-order valence-corrected chi connectivity index (χ1v) is 10.9. The molecule has 0 radical (unpaired) electrons. The minimum atomic E-state index is -0.405. The fraction of sp³-hybridized carbons (Fsp3) is 0.100. The van der Waals surface area contributed by atoms with Gasteiger partial charge in [0.25, 0.3) is 0 Å². The molecule has 0 fully saturated rings. The van der Waals surface area contributed by atoms with Crippen molar-refractivity contribution in [2.24, 2.45) is 0 Å². The molecule has 2 amide bonds. The second kappa shape index (κ2) is 8.48. The van der Waals surface area contributed by atoms with E-state index < -0.39 is 6.03 Å². The maximum Gasteiger partial charge on any atom is 0.320 e. The van der Waals surface area contributed by atoms with Crippen molar-refractivity contribution >= 4 is 56.5 Å². The van der Waals surface area contributed by atoms with E-state index in [1.807, 2.05) is 19.1 Å². The van der Waals surface area contributed by atoms with Crippen LogP contribution < -0.4 is 16.0 Å². The Balaban J connectivity index is 1.49. The predicted molar refractivity (Wildman–Crippen MR) is 126 cm³/mol. The van der Waals surface area contributed by atoms with Gasteiger partial charge in [0, 0.05) is 18.0 Å².